The van der Waals surface area contributed by atoms with Crippen molar-refractivity contribution in [2.45, 2.75) is 46.3 Å². The molecule has 33 heavy (non-hydrogen) atoms. The average Bonchev–Trinajstić information content (AvgIpc) is 3.21. The Morgan fingerprint density at radius 3 is 2.42 bits per heavy atom. The first-order valence-corrected chi connectivity index (χ1v) is 12.6. The Hall–Kier alpha value is -2.51. The summed E-state index contributed by atoms with van der Waals surface area (Å²) in [5.41, 5.74) is 2.50. The lowest BCUT2D eigenvalue weighted by molar-refractivity contribution is -0.133. The van der Waals surface area contributed by atoms with Gasteiger partial charge in [-0.25, -0.2) is 4.39 Å². The van der Waals surface area contributed by atoms with Gasteiger partial charge in [0.15, 0.2) is 0 Å². The molecule has 0 N–H and O–H groups in total. The van der Waals surface area contributed by atoms with Crippen LogP contribution in [0, 0.1) is 12.7 Å². The van der Waals surface area contributed by atoms with Crippen LogP contribution in [0.25, 0.3) is 0 Å². The Morgan fingerprint density at radius 1 is 1.09 bits per heavy atom. The molecule has 1 atom stereocenters. The second kappa shape index (κ2) is 11.6. The van der Waals surface area contributed by atoms with Gasteiger partial charge in [0.25, 0.3) is 5.91 Å². The van der Waals surface area contributed by atoms with Crippen LogP contribution in [0.1, 0.15) is 46.6 Å². The molecule has 1 aromatic heterocycles. The van der Waals surface area contributed by atoms with Crippen LogP contribution in [0.3, 0.4) is 0 Å². The van der Waals surface area contributed by atoms with Gasteiger partial charge in [0.2, 0.25) is 5.91 Å². The lowest BCUT2D eigenvalue weighted by atomic mass is 10.1. The fraction of sp³-hybridized carbons (Fsp3) is 0.308. The van der Waals surface area contributed by atoms with E-state index in [0.29, 0.717) is 18.7 Å². The summed E-state index contributed by atoms with van der Waals surface area (Å²) in [6, 6.07) is 15.3. The lowest BCUT2D eigenvalue weighted by Crippen LogP contribution is -2.46. The smallest absolute Gasteiger partial charge is 0.254 e. The van der Waals surface area contributed by atoms with Crippen LogP contribution in [0.4, 0.5) is 4.39 Å². The summed E-state index contributed by atoms with van der Waals surface area (Å²) >= 11 is 5.02. The first-order chi connectivity index (χ1) is 15.8. The van der Waals surface area contributed by atoms with E-state index in [1.165, 1.54) is 12.1 Å². The van der Waals surface area contributed by atoms with Crippen molar-refractivity contribution < 1.29 is 14.0 Å². The van der Waals surface area contributed by atoms with Crippen molar-refractivity contribution in [2.24, 2.45) is 0 Å². The summed E-state index contributed by atoms with van der Waals surface area (Å²) in [7, 11) is 0. The number of amides is 2. The van der Waals surface area contributed by atoms with E-state index in [1.807, 2.05) is 44.4 Å². The fourth-order valence-corrected chi connectivity index (χ4v) is 4.78. The van der Waals surface area contributed by atoms with Crippen molar-refractivity contribution in [2.75, 3.05) is 6.54 Å². The number of thiophene rings is 1. The minimum Gasteiger partial charge on any atom is -0.332 e. The number of hydrogen-bond acceptors (Lipinski definition) is 3. The summed E-state index contributed by atoms with van der Waals surface area (Å²) in [6.07, 6.45) is 0.731. The lowest BCUT2D eigenvalue weighted by Gasteiger charge is -2.31. The van der Waals surface area contributed by atoms with Crippen LogP contribution in [-0.4, -0.2) is 34.2 Å². The maximum Gasteiger partial charge on any atom is 0.254 e. The number of halogens is 2. The van der Waals surface area contributed by atoms with Crippen LogP contribution in [-0.2, 0) is 17.9 Å². The molecule has 4 nitrogen and oxygen atoms in total. The van der Waals surface area contributed by atoms with Gasteiger partial charge in [-0.05, 0) is 73.2 Å². The van der Waals surface area contributed by atoms with Crippen molar-refractivity contribution >= 4 is 39.1 Å². The zero-order valence-corrected chi connectivity index (χ0v) is 21.5. The summed E-state index contributed by atoms with van der Waals surface area (Å²) in [5, 5.41) is 2.01. The Labute approximate surface area is 207 Å². The predicted octanol–water partition coefficient (Wildman–Crippen LogP) is 6.43. The highest BCUT2D eigenvalue weighted by molar-refractivity contribution is 9.10. The molecular weight excluding hydrogens is 503 g/mol. The largest absolute Gasteiger partial charge is 0.332 e. The van der Waals surface area contributed by atoms with Crippen LogP contribution in [0.15, 0.2) is 64.5 Å². The molecule has 1 heterocycles. The summed E-state index contributed by atoms with van der Waals surface area (Å²) in [6.45, 7) is 6.74. The van der Waals surface area contributed by atoms with Gasteiger partial charge < -0.3 is 9.80 Å². The molecule has 0 spiro atoms. The SMILES string of the molecule is CCC(C)N(CC(=O)N(Cc1ccc(F)cc1)Cc1sccc1C)C(=O)c1cccc(Br)c1. The first-order valence-electron chi connectivity index (χ1n) is 10.9. The molecule has 2 amide bonds. The van der Waals surface area contributed by atoms with E-state index in [0.717, 1.165) is 26.9 Å². The Bertz CT molecular complexity index is 1100. The average molecular weight is 531 g/mol. The third-order valence-corrected chi connectivity index (χ3v) is 7.20. The Kier molecular flexibility index (Phi) is 8.80. The van der Waals surface area contributed by atoms with Gasteiger partial charge in [0, 0.05) is 27.5 Å². The third-order valence-electron chi connectivity index (χ3n) is 5.70. The van der Waals surface area contributed by atoms with E-state index >= 15 is 0 Å². The van der Waals surface area contributed by atoms with E-state index < -0.39 is 0 Å². The number of carbonyl (C=O) groups is 2. The highest BCUT2D eigenvalue weighted by atomic mass is 79.9. The Balaban J connectivity index is 1.85. The summed E-state index contributed by atoms with van der Waals surface area (Å²) in [4.78, 5) is 31.3. The molecule has 0 aliphatic carbocycles. The van der Waals surface area contributed by atoms with Crippen molar-refractivity contribution in [1.29, 1.82) is 0 Å². The monoisotopic (exact) mass is 530 g/mol. The molecule has 0 fully saturated rings. The first kappa shape index (κ1) is 25.1. The quantitative estimate of drug-likeness (QED) is 0.320. The van der Waals surface area contributed by atoms with Crippen molar-refractivity contribution in [3.05, 3.63) is 91.8 Å². The van der Waals surface area contributed by atoms with Crippen LogP contribution in [0.2, 0.25) is 0 Å². The van der Waals surface area contributed by atoms with Gasteiger partial charge in [-0.1, -0.05) is 41.1 Å². The molecule has 2 aromatic carbocycles. The zero-order valence-electron chi connectivity index (χ0n) is 19.1. The maximum atomic E-state index is 13.5. The van der Waals surface area contributed by atoms with Gasteiger partial charge in [0.1, 0.15) is 12.4 Å². The number of benzene rings is 2. The highest BCUT2D eigenvalue weighted by Gasteiger charge is 2.26. The number of hydrogen-bond donors (Lipinski definition) is 0. The number of rotatable bonds is 9. The van der Waals surface area contributed by atoms with E-state index in [2.05, 4.69) is 15.9 Å². The van der Waals surface area contributed by atoms with Crippen LogP contribution in [0.5, 0.6) is 0 Å². The van der Waals surface area contributed by atoms with E-state index in [9.17, 15) is 14.0 Å². The molecule has 0 saturated heterocycles. The van der Waals surface area contributed by atoms with Crippen LogP contribution < -0.4 is 0 Å². The normalized spacial score (nSPS) is 11.8. The molecule has 0 bridgehead atoms. The molecule has 0 saturated carbocycles. The molecular formula is C26H28BrFN2O2S. The minimum absolute atomic E-state index is 0.0219. The number of carbonyl (C=O) groups excluding carboxylic acids is 2. The van der Waals surface area contributed by atoms with Gasteiger partial charge in [0.05, 0.1) is 6.54 Å². The number of nitrogens with zero attached hydrogens (tertiary/aromatic N) is 2. The van der Waals surface area contributed by atoms with E-state index in [-0.39, 0.29) is 30.2 Å². The summed E-state index contributed by atoms with van der Waals surface area (Å²) in [5.74, 6) is -0.628. The van der Waals surface area contributed by atoms with Gasteiger partial charge in [-0.2, -0.15) is 0 Å². The standard InChI is InChI=1S/C26H28BrFN2O2S/c1-4-19(3)30(26(32)21-6-5-7-22(27)14-21)17-25(31)29(16-24-18(2)12-13-33-24)15-20-8-10-23(28)11-9-20/h5-14,19H,4,15-17H2,1-3H3. The molecule has 3 aromatic rings. The highest BCUT2D eigenvalue weighted by Crippen LogP contribution is 2.21. The van der Waals surface area contributed by atoms with Crippen molar-refractivity contribution in [1.82, 2.24) is 9.80 Å². The maximum absolute atomic E-state index is 13.5. The van der Waals surface area contributed by atoms with E-state index in [4.69, 9.17) is 0 Å². The van der Waals surface area contributed by atoms with Gasteiger partial charge >= 0.3 is 0 Å². The molecule has 3 rings (SSSR count). The Morgan fingerprint density at radius 2 is 1.82 bits per heavy atom. The topological polar surface area (TPSA) is 40.6 Å². The second-order valence-corrected chi connectivity index (χ2v) is 10.0. The summed E-state index contributed by atoms with van der Waals surface area (Å²) < 4.78 is 14.2. The molecule has 0 aliphatic heterocycles. The predicted molar refractivity (Wildman–Crippen MR) is 135 cm³/mol. The minimum atomic E-state index is -0.312. The zero-order chi connectivity index (χ0) is 24.0. The molecule has 1 unspecified atom stereocenters. The molecule has 0 radical (unpaired) electrons. The van der Waals surface area contributed by atoms with E-state index in [1.54, 1.807) is 45.4 Å². The van der Waals surface area contributed by atoms with Gasteiger partial charge in [-0.15, -0.1) is 11.3 Å². The van der Waals surface area contributed by atoms with Gasteiger partial charge in [-0.3, -0.25) is 9.59 Å². The number of aryl methyl sites for hydroxylation is 1. The molecule has 174 valence electrons. The van der Waals surface area contributed by atoms with Crippen LogP contribution >= 0.6 is 27.3 Å². The van der Waals surface area contributed by atoms with Crippen molar-refractivity contribution in [3.8, 4) is 0 Å². The third kappa shape index (κ3) is 6.74. The molecule has 7 heteroatoms. The van der Waals surface area contributed by atoms with Crippen molar-refractivity contribution in [3.63, 3.8) is 0 Å². The second-order valence-electron chi connectivity index (χ2n) is 8.10. The fourth-order valence-electron chi connectivity index (χ4n) is 3.46. The molecule has 0 aliphatic rings.